The molecular formula is C28H43N7O5. The summed E-state index contributed by atoms with van der Waals surface area (Å²) in [5, 5.41) is 0. The zero-order chi connectivity index (χ0) is 28.3. The number of nitrogens with zero attached hydrogens (tertiary/aromatic N) is 5. The van der Waals surface area contributed by atoms with Crippen LogP contribution >= 0.6 is 0 Å². The number of methoxy groups -OCH3 is 2. The predicted octanol–water partition coefficient (Wildman–Crippen LogP) is 2.51. The van der Waals surface area contributed by atoms with Crippen molar-refractivity contribution in [2.24, 2.45) is 0 Å². The number of benzene rings is 1. The average Bonchev–Trinajstić information content (AvgIpc) is 3.29. The molecule has 1 saturated heterocycles. The van der Waals surface area contributed by atoms with Gasteiger partial charge in [-0.3, -0.25) is 14.4 Å². The van der Waals surface area contributed by atoms with Crippen molar-refractivity contribution in [3.63, 3.8) is 0 Å². The van der Waals surface area contributed by atoms with Gasteiger partial charge in [0.1, 0.15) is 17.0 Å². The number of ether oxygens (including phenoxy) is 4. The molecule has 220 valence electrons. The fourth-order valence-corrected chi connectivity index (χ4v) is 4.90. The third kappa shape index (κ3) is 7.86. The maximum Gasteiger partial charge on any atom is 0.327 e. The number of H-pyrrole nitrogens is 1. The maximum atomic E-state index is 12.8. The van der Waals surface area contributed by atoms with Crippen LogP contribution in [-0.2, 0) is 17.8 Å². The fourth-order valence-electron chi connectivity index (χ4n) is 4.90. The Balaban J connectivity index is 1.45. The second-order valence-electron chi connectivity index (χ2n) is 9.99. The zero-order valence-electron chi connectivity index (χ0n) is 24.0. The van der Waals surface area contributed by atoms with Crippen molar-refractivity contribution >= 4 is 17.0 Å². The van der Waals surface area contributed by atoms with Crippen LogP contribution in [0.2, 0.25) is 0 Å². The van der Waals surface area contributed by atoms with Crippen LogP contribution in [0.15, 0.2) is 23.0 Å². The summed E-state index contributed by atoms with van der Waals surface area (Å²) in [6.07, 6.45) is 3.67. The van der Waals surface area contributed by atoms with Gasteiger partial charge < -0.3 is 29.7 Å². The molecule has 1 fully saturated rings. The fraction of sp³-hybridized carbons (Fsp3) is 0.607. The molecule has 0 amide bonds. The van der Waals surface area contributed by atoms with Gasteiger partial charge in [-0.2, -0.15) is 9.97 Å². The number of hydrogen-bond donors (Lipinski definition) is 2. The molecular weight excluding hydrogens is 514 g/mol. The first-order chi connectivity index (χ1) is 19.5. The van der Waals surface area contributed by atoms with Crippen LogP contribution < -0.4 is 25.6 Å². The van der Waals surface area contributed by atoms with Gasteiger partial charge in [-0.15, -0.1) is 0 Å². The van der Waals surface area contributed by atoms with Gasteiger partial charge in [0.25, 0.3) is 0 Å². The number of morpholine rings is 1. The lowest BCUT2D eigenvalue weighted by Gasteiger charge is -2.28. The van der Waals surface area contributed by atoms with Crippen LogP contribution in [0.4, 0.5) is 5.82 Å². The summed E-state index contributed by atoms with van der Waals surface area (Å²) >= 11 is 0. The number of anilines is 1. The Morgan fingerprint density at radius 2 is 1.85 bits per heavy atom. The van der Waals surface area contributed by atoms with Crippen molar-refractivity contribution < 1.29 is 18.9 Å². The third-order valence-corrected chi connectivity index (χ3v) is 7.16. The van der Waals surface area contributed by atoms with Crippen molar-refractivity contribution in [1.82, 2.24) is 29.3 Å². The number of aromatic nitrogens is 4. The molecule has 0 radical (unpaired) electrons. The maximum absolute atomic E-state index is 12.8. The van der Waals surface area contributed by atoms with E-state index < -0.39 is 0 Å². The summed E-state index contributed by atoms with van der Waals surface area (Å²) in [5.41, 5.74) is 7.87. The van der Waals surface area contributed by atoms with E-state index in [2.05, 4.69) is 37.7 Å². The molecule has 0 atom stereocenters. The molecule has 12 nitrogen and oxygen atoms in total. The monoisotopic (exact) mass is 557 g/mol. The van der Waals surface area contributed by atoms with Crippen molar-refractivity contribution in [3.8, 4) is 17.5 Å². The average molecular weight is 558 g/mol. The van der Waals surface area contributed by atoms with Gasteiger partial charge >= 0.3 is 11.7 Å². The number of unbranched alkanes of at least 4 members (excludes halogenated alkanes) is 1. The van der Waals surface area contributed by atoms with Crippen LogP contribution in [0, 0.1) is 0 Å². The van der Waals surface area contributed by atoms with E-state index in [1.165, 1.54) is 0 Å². The molecule has 1 aliphatic heterocycles. The molecule has 1 aromatic carbocycles. The van der Waals surface area contributed by atoms with Crippen molar-refractivity contribution in [2.75, 3.05) is 72.5 Å². The summed E-state index contributed by atoms with van der Waals surface area (Å²) in [4.78, 5) is 29.2. The second kappa shape index (κ2) is 14.9. The molecule has 3 aromatic rings. The third-order valence-electron chi connectivity index (χ3n) is 7.16. The van der Waals surface area contributed by atoms with E-state index in [1.54, 1.807) is 18.8 Å². The Kier molecular flexibility index (Phi) is 11.0. The Morgan fingerprint density at radius 3 is 2.58 bits per heavy atom. The van der Waals surface area contributed by atoms with Gasteiger partial charge in [0.15, 0.2) is 11.5 Å². The molecule has 1 aliphatic rings. The highest BCUT2D eigenvalue weighted by molar-refractivity contribution is 5.81. The Morgan fingerprint density at radius 1 is 1.07 bits per heavy atom. The number of nitrogens with two attached hydrogens (primary N) is 1. The van der Waals surface area contributed by atoms with E-state index in [0.29, 0.717) is 24.3 Å². The smallest absolute Gasteiger partial charge is 0.327 e. The number of rotatable bonds is 16. The SMILES string of the molecule is CCCCOc1nc(N)c2[nH]c(=O)n(CCCN(CCCN3CCOCC3)Cc3ccc(OC)cc3OC)c2n1. The largest absolute Gasteiger partial charge is 0.497 e. The van der Waals surface area contributed by atoms with Crippen LogP contribution in [0.1, 0.15) is 38.2 Å². The minimum Gasteiger partial charge on any atom is -0.497 e. The topological polar surface area (TPSA) is 133 Å². The quantitative estimate of drug-likeness (QED) is 0.253. The summed E-state index contributed by atoms with van der Waals surface area (Å²) in [7, 11) is 3.33. The number of imidazole rings is 1. The van der Waals surface area contributed by atoms with Crippen LogP contribution in [0.5, 0.6) is 17.5 Å². The number of aryl methyl sites for hydroxylation is 1. The molecule has 3 heterocycles. The number of nitrogen functional groups attached to an aromatic ring is 1. The minimum atomic E-state index is -0.252. The standard InChI is InChI=1S/C28H43N7O5/c1-4-5-16-40-27-31-25(29)24-26(32-27)35(28(36)30-24)13-7-12-34(11-6-10-33-14-17-39-18-15-33)20-21-8-9-22(37-2)19-23(21)38-3/h8-9,19H,4-7,10-18,20H2,1-3H3,(H,30,36)(H2,29,31,32). The van der Waals surface area contributed by atoms with Gasteiger partial charge in [0, 0.05) is 44.4 Å². The first kappa shape index (κ1) is 29.6. The van der Waals surface area contributed by atoms with Crippen LogP contribution in [-0.4, -0.2) is 96.1 Å². The molecule has 0 aliphatic carbocycles. The van der Waals surface area contributed by atoms with E-state index >= 15 is 0 Å². The van der Waals surface area contributed by atoms with E-state index in [1.807, 2.05) is 12.1 Å². The summed E-state index contributed by atoms with van der Waals surface area (Å²) < 4.78 is 23.8. The van der Waals surface area contributed by atoms with Crippen LogP contribution in [0.25, 0.3) is 11.2 Å². The number of nitrogens with one attached hydrogen (secondary N) is 1. The van der Waals surface area contributed by atoms with Crippen LogP contribution in [0.3, 0.4) is 0 Å². The van der Waals surface area contributed by atoms with E-state index in [-0.39, 0.29) is 17.5 Å². The van der Waals surface area contributed by atoms with Gasteiger partial charge in [-0.25, -0.2) is 4.79 Å². The molecule has 3 N–H and O–H groups in total. The molecule has 40 heavy (non-hydrogen) atoms. The van der Waals surface area contributed by atoms with Crippen molar-refractivity contribution in [2.45, 2.75) is 45.7 Å². The Hall–Kier alpha value is -3.35. The highest BCUT2D eigenvalue weighted by Crippen LogP contribution is 2.26. The molecule has 4 rings (SSSR count). The van der Waals surface area contributed by atoms with Gasteiger partial charge in [0.05, 0.1) is 34.0 Å². The molecule has 2 aromatic heterocycles. The molecule has 0 spiro atoms. The second-order valence-corrected chi connectivity index (χ2v) is 9.99. The first-order valence-corrected chi connectivity index (χ1v) is 14.1. The Labute approximate surface area is 235 Å². The number of fused-ring (bicyclic) bond motifs is 1. The van der Waals surface area contributed by atoms with Crippen molar-refractivity contribution in [1.29, 1.82) is 0 Å². The summed E-state index contributed by atoms with van der Waals surface area (Å²) in [6.45, 7) is 10.1. The van der Waals surface area contributed by atoms with E-state index in [0.717, 1.165) is 95.2 Å². The van der Waals surface area contributed by atoms with Gasteiger partial charge in [-0.1, -0.05) is 19.4 Å². The summed E-state index contributed by atoms with van der Waals surface area (Å²) in [5.74, 6) is 1.77. The lowest BCUT2D eigenvalue weighted by Crippen LogP contribution is -2.38. The van der Waals surface area contributed by atoms with Gasteiger partial charge in [0.2, 0.25) is 0 Å². The zero-order valence-corrected chi connectivity index (χ0v) is 24.0. The van der Waals surface area contributed by atoms with Crippen molar-refractivity contribution in [3.05, 3.63) is 34.2 Å². The first-order valence-electron chi connectivity index (χ1n) is 14.1. The lowest BCUT2D eigenvalue weighted by atomic mass is 10.1. The predicted molar refractivity (Wildman–Crippen MR) is 154 cm³/mol. The number of aromatic amines is 1. The Bertz CT molecular complexity index is 1270. The molecule has 0 unspecified atom stereocenters. The van der Waals surface area contributed by atoms with Gasteiger partial charge in [-0.05, 0) is 38.4 Å². The lowest BCUT2D eigenvalue weighted by molar-refractivity contribution is 0.0359. The summed E-state index contributed by atoms with van der Waals surface area (Å²) in [6, 6.07) is 6.12. The number of hydrogen-bond acceptors (Lipinski definition) is 10. The normalized spacial score (nSPS) is 14.2. The highest BCUT2D eigenvalue weighted by atomic mass is 16.5. The van der Waals surface area contributed by atoms with E-state index in [4.69, 9.17) is 24.7 Å². The molecule has 0 saturated carbocycles. The van der Waals surface area contributed by atoms with E-state index in [9.17, 15) is 4.79 Å². The molecule has 0 bridgehead atoms. The minimum absolute atomic E-state index is 0.197. The highest BCUT2D eigenvalue weighted by Gasteiger charge is 2.17. The molecule has 12 heteroatoms.